The Labute approximate surface area is 237 Å². The zero-order chi connectivity index (χ0) is 30.6. The molecule has 0 saturated carbocycles. The molecule has 0 aromatic heterocycles. The summed E-state index contributed by atoms with van der Waals surface area (Å²) in [6.07, 6.45) is 0. The molecule has 0 amide bonds. The van der Waals surface area contributed by atoms with Crippen molar-refractivity contribution < 1.29 is 33.6 Å². The Bertz CT molecular complexity index is 1500. The van der Waals surface area contributed by atoms with E-state index in [1.165, 1.54) is 0 Å². The summed E-state index contributed by atoms with van der Waals surface area (Å²) in [6, 6.07) is 38.4. The molecule has 4 aromatic carbocycles. The van der Waals surface area contributed by atoms with Gasteiger partial charge in [0.25, 0.3) is 0 Å². The van der Waals surface area contributed by atoms with Crippen molar-refractivity contribution in [3.8, 4) is 0 Å². The van der Waals surface area contributed by atoms with Gasteiger partial charge in [0.1, 0.15) is 34.2 Å². The van der Waals surface area contributed by atoms with Crippen LogP contribution in [0.5, 0.6) is 0 Å². The van der Waals surface area contributed by atoms with Crippen LogP contribution in [0.3, 0.4) is 0 Å². The molecule has 2 nitrogen and oxygen atoms in total. The molecule has 4 aromatic rings. The van der Waals surface area contributed by atoms with Crippen molar-refractivity contribution in [3.05, 3.63) is 132 Å². The van der Waals surface area contributed by atoms with Gasteiger partial charge in [-0.3, -0.25) is 0 Å². The van der Waals surface area contributed by atoms with Gasteiger partial charge in [-0.2, -0.15) is 0 Å². The topological polar surface area (TPSA) is 34.1 Å². The monoisotopic (exact) mass is 630 g/mol. The minimum atomic E-state index is -10.7. The van der Waals surface area contributed by atoms with E-state index in [4.69, 9.17) is 0 Å². The zero-order valence-corrected chi connectivity index (χ0v) is 25.2. The van der Waals surface area contributed by atoms with Gasteiger partial charge in [0.2, 0.25) is 0 Å². The SMILES string of the molecule is CC(C)=C(CS(=O)(=O)c1ccc(C)cc1)[P+](c1ccccc1)(c1ccccc1)c1ccccc1.F[P-](F)(F)(F)(F)F. The third-order valence-electron chi connectivity index (χ3n) is 6.12. The number of benzene rings is 4. The van der Waals surface area contributed by atoms with Crippen LogP contribution in [-0.2, 0) is 9.84 Å². The van der Waals surface area contributed by atoms with E-state index >= 15 is 0 Å². The first-order chi connectivity index (χ1) is 18.8. The van der Waals surface area contributed by atoms with Crippen molar-refractivity contribution in [2.75, 3.05) is 5.75 Å². The van der Waals surface area contributed by atoms with Crippen LogP contribution in [0.15, 0.2) is 131 Å². The molecule has 0 heterocycles. The molecule has 0 atom stereocenters. The summed E-state index contributed by atoms with van der Waals surface area (Å²) in [5.74, 6) is -0.0230. The summed E-state index contributed by atoms with van der Waals surface area (Å²) in [5, 5.41) is 4.45. The molecule has 11 heteroatoms. The third-order valence-corrected chi connectivity index (χ3v) is 12.6. The summed E-state index contributed by atoms with van der Waals surface area (Å²) >= 11 is 0. The van der Waals surface area contributed by atoms with Crippen LogP contribution in [0.1, 0.15) is 19.4 Å². The minimum absolute atomic E-state index is 0.0230. The number of rotatable bonds is 7. The number of sulfone groups is 1. The Morgan fingerprint density at radius 2 is 0.927 bits per heavy atom. The van der Waals surface area contributed by atoms with Crippen LogP contribution in [0.2, 0.25) is 0 Å². The van der Waals surface area contributed by atoms with Crippen molar-refractivity contribution in [3.63, 3.8) is 0 Å². The van der Waals surface area contributed by atoms with Crippen LogP contribution in [0.25, 0.3) is 0 Å². The van der Waals surface area contributed by atoms with Crippen molar-refractivity contribution >= 4 is 40.8 Å². The van der Waals surface area contributed by atoms with Gasteiger partial charge in [-0.15, -0.1) is 0 Å². The number of aryl methyl sites for hydroxylation is 1. The second-order valence-corrected chi connectivity index (χ2v) is 17.0. The normalized spacial score (nSPS) is 13.7. The molecule has 4 rings (SSSR count). The Balaban J connectivity index is 0.000000587. The fourth-order valence-electron chi connectivity index (χ4n) is 4.46. The molecule has 0 saturated heterocycles. The van der Waals surface area contributed by atoms with E-state index in [1.807, 2.05) is 87.5 Å². The number of allylic oxidation sites excluding steroid dienone is 1. The molecule has 0 radical (unpaired) electrons. The van der Waals surface area contributed by atoms with E-state index in [0.29, 0.717) is 4.90 Å². The van der Waals surface area contributed by atoms with Gasteiger partial charge in [-0.1, -0.05) is 72.3 Å². The summed E-state index contributed by atoms with van der Waals surface area (Å²) in [7, 11) is -16.7. The number of halogens is 6. The third kappa shape index (κ3) is 9.26. The first-order valence-corrected chi connectivity index (χ1v) is 17.9. The molecule has 0 aliphatic carbocycles. The molecule has 0 N–H and O–H groups in total. The summed E-state index contributed by atoms with van der Waals surface area (Å²) < 4.78 is 86.8. The molecule has 0 unspecified atom stereocenters. The molecule has 0 spiro atoms. The van der Waals surface area contributed by atoms with E-state index in [0.717, 1.165) is 32.4 Å². The summed E-state index contributed by atoms with van der Waals surface area (Å²) in [6.45, 7) is 6.06. The Morgan fingerprint density at radius 1 is 0.610 bits per heavy atom. The van der Waals surface area contributed by atoms with Crippen LogP contribution < -0.4 is 15.9 Å². The van der Waals surface area contributed by atoms with Gasteiger partial charge in [0, 0.05) is 0 Å². The first-order valence-electron chi connectivity index (χ1n) is 12.4. The Hall–Kier alpha value is -2.99. The average molecular weight is 631 g/mol. The zero-order valence-electron chi connectivity index (χ0n) is 22.6. The molecular weight excluding hydrogens is 600 g/mol. The van der Waals surface area contributed by atoms with E-state index in [1.54, 1.807) is 12.1 Å². The predicted molar refractivity (Wildman–Crippen MR) is 160 cm³/mol. The average Bonchev–Trinajstić information content (AvgIpc) is 2.89. The van der Waals surface area contributed by atoms with Crippen molar-refractivity contribution in [2.24, 2.45) is 0 Å². The first kappa shape index (κ1) is 32.5. The van der Waals surface area contributed by atoms with Gasteiger partial charge in [0.05, 0.1) is 4.90 Å². The van der Waals surface area contributed by atoms with E-state index in [2.05, 4.69) is 36.4 Å². The fraction of sp³-hybridized carbons (Fsp3) is 0.133. The Kier molecular flexibility index (Phi) is 9.01. The molecule has 0 fully saturated rings. The quantitative estimate of drug-likeness (QED) is 0.151. The van der Waals surface area contributed by atoms with Crippen LogP contribution in [0, 0.1) is 6.92 Å². The van der Waals surface area contributed by atoms with Crippen LogP contribution >= 0.6 is 15.1 Å². The Morgan fingerprint density at radius 3 is 1.22 bits per heavy atom. The van der Waals surface area contributed by atoms with E-state index in [9.17, 15) is 33.6 Å². The number of hydrogen-bond donors (Lipinski definition) is 0. The van der Waals surface area contributed by atoms with E-state index in [-0.39, 0.29) is 5.75 Å². The molecule has 0 aliphatic heterocycles. The summed E-state index contributed by atoms with van der Waals surface area (Å²) in [5.41, 5.74) is 2.08. The molecule has 41 heavy (non-hydrogen) atoms. The van der Waals surface area contributed by atoms with Crippen LogP contribution in [-0.4, -0.2) is 14.2 Å². The van der Waals surface area contributed by atoms with Gasteiger partial charge in [0.15, 0.2) is 9.84 Å². The fourth-order valence-corrected chi connectivity index (χ4v) is 11.5. The van der Waals surface area contributed by atoms with Crippen molar-refractivity contribution in [1.29, 1.82) is 0 Å². The van der Waals surface area contributed by atoms with Gasteiger partial charge in [-0.05, 0) is 74.9 Å². The standard InChI is InChI=1S/C30H30O2PS.F6P/c1-24(2)30(23-34(31,32)29-21-19-25(3)20-22-29)33(26-13-7-4-8-14-26,27-15-9-5-10-16-27)28-17-11-6-12-18-28;1-7(2,3,4,5)6/h4-22H,23H2,1-3H3;/q+1;-1. The molecule has 0 aliphatic rings. The maximum atomic E-state index is 13.8. The van der Waals surface area contributed by atoms with Crippen molar-refractivity contribution in [2.45, 2.75) is 25.7 Å². The second kappa shape index (κ2) is 11.4. The molecular formula is C30H30F6O2P2S. The maximum absolute atomic E-state index is 13.8. The van der Waals surface area contributed by atoms with E-state index < -0.39 is 24.9 Å². The second-order valence-electron chi connectivity index (χ2n) is 9.65. The predicted octanol–water partition coefficient (Wildman–Crippen LogP) is 9.44. The molecule has 0 bridgehead atoms. The van der Waals surface area contributed by atoms with Crippen LogP contribution in [0.4, 0.5) is 25.2 Å². The molecule has 220 valence electrons. The van der Waals surface area contributed by atoms with Gasteiger partial charge in [-0.25, -0.2) is 8.42 Å². The number of hydrogen-bond acceptors (Lipinski definition) is 2. The van der Waals surface area contributed by atoms with Crippen molar-refractivity contribution in [1.82, 2.24) is 0 Å². The van der Waals surface area contributed by atoms with Gasteiger partial charge >= 0.3 is 33.0 Å². The summed E-state index contributed by atoms with van der Waals surface area (Å²) in [4.78, 5) is 0.365. The van der Waals surface area contributed by atoms with Gasteiger partial charge < -0.3 is 0 Å².